The third-order valence-electron chi connectivity index (χ3n) is 4.83. The highest BCUT2D eigenvalue weighted by molar-refractivity contribution is 5.94. The van der Waals surface area contributed by atoms with Crippen molar-refractivity contribution >= 4 is 17.6 Å². The molecule has 1 aromatic carbocycles. The van der Waals surface area contributed by atoms with E-state index < -0.39 is 0 Å². The number of rotatable bonds is 6. The lowest BCUT2D eigenvalue weighted by Crippen LogP contribution is -2.41. The molecule has 1 aromatic rings. The van der Waals surface area contributed by atoms with Gasteiger partial charge >= 0.3 is 0 Å². The van der Waals surface area contributed by atoms with Gasteiger partial charge in [0.1, 0.15) is 0 Å². The number of hydrogen-bond donors (Lipinski definition) is 4. The molecule has 0 aromatic heterocycles. The van der Waals surface area contributed by atoms with Crippen LogP contribution in [0.15, 0.2) is 29.3 Å². The second-order valence-electron chi connectivity index (χ2n) is 6.77. The number of benzene rings is 1. The van der Waals surface area contributed by atoms with Gasteiger partial charge in [-0.2, -0.15) is 0 Å². The molecule has 1 unspecified atom stereocenters. The molecule has 24 heavy (non-hydrogen) atoms. The normalized spacial score (nSPS) is 21.7. The fourth-order valence-electron chi connectivity index (χ4n) is 3.04. The predicted molar refractivity (Wildman–Crippen MR) is 95.2 cm³/mol. The van der Waals surface area contributed by atoms with Gasteiger partial charge in [0.25, 0.3) is 0 Å². The number of hydrogen-bond acceptors (Lipinski definition) is 3. The largest absolute Gasteiger partial charge is 0.396 e. The summed E-state index contributed by atoms with van der Waals surface area (Å²) in [5.74, 6) is 0.937. The molecule has 0 saturated heterocycles. The molecular weight excluding hydrogens is 304 g/mol. The van der Waals surface area contributed by atoms with Gasteiger partial charge in [0.05, 0.1) is 13.2 Å². The number of aliphatic imine (C=N–C) groups is 1. The molecule has 1 fully saturated rings. The van der Waals surface area contributed by atoms with Crippen molar-refractivity contribution in [3.8, 4) is 0 Å². The first-order valence-electron chi connectivity index (χ1n) is 8.67. The number of nitrogens with one attached hydrogen (secondary N) is 3. The first-order chi connectivity index (χ1) is 11.7. The third kappa shape index (κ3) is 3.87. The molecule has 0 radical (unpaired) electrons. The van der Waals surface area contributed by atoms with Gasteiger partial charge < -0.3 is 21.1 Å². The Kier molecular flexibility index (Phi) is 5.04. The summed E-state index contributed by atoms with van der Waals surface area (Å²) in [5.41, 5.74) is 2.06. The van der Waals surface area contributed by atoms with E-state index in [-0.39, 0.29) is 23.8 Å². The van der Waals surface area contributed by atoms with Crippen LogP contribution in [-0.4, -0.2) is 43.2 Å². The van der Waals surface area contributed by atoms with Crippen LogP contribution in [0, 0.1) is 5.41 Å². The zero-order valence-corrected chi connectivity index (χ0v) is 14.1. The predicted octanol–water partition coefficient (Wildman–Crippen LogP) is 1.44. The van der Waals surface area contributed by atoms with E-state index in [2.05, 4.69) is 27.0 Å². The SMILES string of the molecule is CCNC(=NCC1(CO)CC1)NCC1CC(=O)Nc2ccccc21. The number of fused-ring (bicyclic) bond motifs is 1. The molecular formula is C18H26N4O2. The van der Waals surface area contributed by atoms with Crippen LogP contribution in [0.4, 0.5) is 5.69 Å². The van der Waals surface area contributed by atoms with Crippen LogP contribution in [-0.2, 0) is 4.79 Å². The van der Waals surface area contributed by atoms with Crippen molar-refractivity contribution in [2.24, 2.45) is 10.4 Å². The summed E-state index contributed by atoms with van der Waals surface area (Å²) in [6.07, 6.45) is 2.56. The van der Waals surface area contributed by atoms with Crippen molar-refractivity contribution in [1.29, 1.82) is 0 Å². The molecule has 1 atom stereocenters. The van der Waals surface area contributed by atoms with Gasteiger partial charge in [-0.1, -0.05) is 18.2 Å². The third-order valence-corrected chi connectivity index (χ3v) is 4.83. The highest BCUT2D eigenvalue weighted by Crippen LogP contribution is 2.45. The van der Waals surface area contributed by atoms with Crippen molar-refractivity contribution in [2.75, 3.05) is 31.6 Å². The van der Waals surface area contributed by atoms with E-state index in [4.69, 9.17) is 0 Å². The molecule has 0 spiro atoms. The maximum absolute atomic E-state index is 11.9. The minimum atomic E-state index is -0.000322. The molecule has 3 rings (SSSR count). The monoisotopic (exact) mass is 330 g/mol. The van der Waals surface area contributed by atoms with Crippen molar-refractivity contribution < 1.29 is 9.90 Å². The lowest BCUT2D eigenvalue weighted by molar-refractivity contribution is -0.116. The molecule has 1 amide bonds. The molecule has 1 aliphatic carbocycles. The van der Waals surface area contributed by atoms with Crippen LogP contribution in [0.1, 0.15) is 37.7 Å². The van der Waals surface area contributed by atoms with Gasteiger partial charge in [-0.3, -0.25) is 9.79 Å². The summed E-state index contributed by atoms with van der Waals surface area (Å²) in [6, 6.07) is 7.94. The van der Waals surface area contributed by atoms with Gasteiger partial charge in [0.2, 0.25) is 5.91 Å². The number of carbonyl (C=O) groups is 1. The summed E-state index contributed by atoms with van der Waals surface area (Å²) >= 11 is 0. The van der Waals surface area contributed by atoms with E-state index in [1.807, 2.05) is 25.1 Å². The Hall–Kier alpha value is -2.08. The highest BCUT2D eigenvalue weighted by Gasteiger charge is 2.41. The molecule has 6 heteroatoms. The molecule has 0 bridgehead atoms. The van der Waals surface area contributed by atoms with Crippen LogP contribution in [0.2, 0.25) is 0 Å². The summed E-state index contributed by atoms with van der Waals surface area (Å²) in [5, 5.41) is 18.9. The van der Waals surface area contributed by atoms with Crippen molar-refractivity contribution in [3.05, 3.63) is 29.8 Å². The Morgan fingerprint density at radius 1 is 1.38 bits per heavy atom. The maximum Gasteiger partial charge on any atom is 0.225 e. The second-order valence-corrected chi connectivity index (χ2v) is 6.77. The van der Waals surface area contributed by atoms with Gasteiger partial charge in [0, 0.05) is 36.5 Å². The molecule has 130 valence electrons. The Bertz CT molecular complexity index is 625. The van der Waals surface area contributed by atoms with E-state index in [0.29, 0.717) is 19.5 Å². The average molecular weight is 330 g/mol. The molecule has 2 aliphatic rings. The quantitative estimate of drug-likeness (QED) is 0.470. The average Bonchev–Trinajstić information content (AvgIpc) is 3.37. The Labute approximate surface area is 142 Å². The number of aliphatic hydroxyl groups is 1. The first-order valence-corrected chi connectivity index (χ1v) is 8.67. The molecule has 1 heterocycles. The summed E-state index contributed by atoms with van der Waals surface area (Å²) in [6.45, 7) is 4.30. The lowest BCUT2D eigenvalue weighted by Gasteiger charge is -2.26. The van der Waals surface area contributed by atoms with E-state index >= 15 is 0 Å². The van der Waals surface area contributed by atoms with Crippen LogP contribution in [0.5, 0.6) is 0 Å². The fourth-order valence-corrected chi connectivity index (χ4v) is 3.04. The van der Waals surface area contributed by atoms with Gasteiger partial charge in [-0.05, 0) is 31.4 Å². The van der Waals surface area contributed by atoms with Crippen LogP contribution < -0.4 is 16.0 Å². The van der Waals surface area contributed by atoms with Crippen LogP contribution in [0.25, 0.3) is 0 Å². The Morgan fingerprint density at radius 2 is 2.17 bits per heavy atom. The molecule has 4 N–H and O–H groups in total. The standard InChI is InChI=1S/C18H26N4O2/c1-2-19-17(21-11-18(12-23)7-8-18)20-10-13-9-16(24)22-15-6-4-3-5-14(13)15/h3-6,13,23H,2,7-12H2,1H3,(H,22,24)(H2,19,20,21). The van der Waals surface area contributed by atoms with Crippen molar-refractivity contribution in [2.45, 2.75) is 32.1 Å². The Balaban J connectivity index is 1.64. The molecule has 1 saturated carbocycles. The summed E-state index contributed by atoms with van der Waals surface area (Å²) in [4.78, 5) is 16.5. The number of anilines is 1. The fraction of sp³-hybridized carbons (Fsp3) is 0.556. The van der Waals surface area contributed by atoms with Gasteiger partial charge in [0.15, 0.2) is 5.96 Å². The lowest BCUT2D eigenvalue weighted by atomic mass is 9.90. The molecule has 6 nitrogen and oxygen atoms in total. The number of guanidine groups is 1. The van der Waals surface area contributed by atoms with E-state index in [0.717, 1.165) is 36.6 Å². The summed E-state index contributed by atoms with van der Waals surface area (Å²) in [7, 11) is 0. The molecule has 1 aliphatic heterocycles. The summed E-state index contributed by atoms with van der Waals surface area (Å²) < 4.78 is 0. The Morgan fingerprint density at radius 3 is 2.88 bits per heavy atom. The highest BCUT2D eigenvalue weighted by atomic mass is 16.3. The van der Waals surface area contributed by atoms with Crippen LogP contribution in [0.3, 0.4) is 0 Å². The maximum atomic E-state index is 11.9. The number of amides is 1. The van der Waals surface area contributed by atoms with Crippen molar-refractivity contribution in [1.82, 2.24) is 10.6 Å². The topological polar surface area (TPSA) is 85.8 Å². The van der Waals surface area contributed by atoms with Crippen molar-refractivity contribution in [3.63, 3.8) is 0 Å². The second kappa shape index (κ2) is 7.21. The van der Waals surface area contributed by atoms with Crippen LogP contribution >= 0.6 is 0 Å². The zero-order chi connectivity index (χ0) is 17.0. The van der Waals surface area contributed by atoms with Gasteiger partial charge in [-0.15, -0.1) is 0 Å². The minimum Gasteiger partial charge on any atom is -0.396 e. The first kappa shape index (κ1) is 16.8. The van der Waals surface area contributed by atoms with E-state index in [1.54, 1.807) is 0 Å². The van der Waals surface area contributed by atoms with Gasteiger partial charge in [-0.25, -0.2) is 0 Å². The number of aliphatic hydroxyl groups excluding tert-OH is 1. The smallest absolute Gasteiger partial charge is 0.225 e. The number of nitrogens with zero attached hydrogens (tertiary/aromatic N) is 1. The zero-order valence-electron chi connectivity index (χ0n) is 14.1. The number of carbonyl (C=O) groups excluding carboxylic acids is 1. The van der Waals surface area contributed by atoms with E-state index in [9.17, 15) is 9.90 Å². The van der Waals surface area contributed by atoms with E-state index in [1.165, 1.54) is 0 Å². The minimum absolute atomic E-state index is 0.000322. The number of para-hydroxylation sites is 1.